The van der Waals surface area contributed by atoms with Crippen LogP contribution in [0.2, 0.25) is 5.02 Å². The summed E-state index contributed by atoms with van der Waals surface area (Å²) in [6.45, 7) is 7.51. The number of hydrogen-bond acceptors (Lipinski definition) is 4. The number of nitrogens with zero attached hydrogens (tertiary/aromatic N) is 1. The van der Waals surface area contributed by atoms with Gasteiger partial charge in [0.2, 0.25) is 0 Å². The smallest absolute Gasteiger partial charge is 0.262 e. The van der Waals surface area contributed by atoms with Crippen LogP contribution in [0.25, 0.3) is 6.08 Å². The van der Waals surface area contributed by atoms with Crippen LogP contribution in [0.3, 0.4) is 0 Å². The number of anilines is 1. The van der Waals surface area contributed by atoms with E-state index in [0.717, 1.165) is 30.1 Å². The Morgan fingerprint density at radius 1 is 1.21 bits per heavy atom. The molecule has 0 saturated heterocycles. The van der Waals surface area contributed by atoms with E-state index in [4.69, 9.17) is 11.6 Å². The van der Waals surface area contributed by atoms with Gasteiger partial charge in [-0.1, -0.05) is 55.4 Å². The lowest BCUT2D eigenvalue weighted by atomic mass is 10.1. The molecule has 2 aromatic carbocycles. The van der Waals surface area contributed by atoms with Crippen molar-refractivity contribution in [3.63, 3.8) is 0 Å². The van der Waals surface area contributed by atoms with Gasteiger partial charge in [0.15, 0.2) is 0 Å². The summed E-state index contributed by atoms with van der Waals surface area (Å²) in [6.07, 6.45) is 1.78. The third-order valence-electron chi connectivity index (χ3n) is 4.73. The highest BCUT2D eigenvalue weighted by atomic mass is 35.5. The summed E-state index contributed by atoms with van der Waals surface area (Å²) < 4.78 is 0. The van der Waals surface area contributed by atoms with Crippen LogP contribution in [0.15, 0.2) is 52.3 Å². The van der Waals surface area contributed by atoms with Gasteiger partial charge in [-0.15, -0.1) is 0 Å². The number of fused-ring (bicyclic) bond motifs is 1. The zero-order chi connectivity index (χ0) is 20.8. The van der Waals surface area contributed by atoms with E-state index in [1.807, 2.05) is 24.3 Å². The van der Waals surface area contributed by atoms with Gasteiger partial charge in [-0.25, -0.2) is 0 Å². The molecule has 152 valence electrons. The van der Waals surface area contributed by atoms with E-state index in [-0.39, 0.29) is 11.8 Å². The van der Waals surface area contributed by atoms with Gasteiger partial charge in [0.25, 0.3) is 11.8 Å². The van der Waals surface area contributed by atoms with Gasteiger partial charge >= 0.3 is 0 Å². The van der Waals surface area contributed by atoms with Gasteiger partial charge in [0, 0.05) is 28.6 Å². The molecule has 2 amide bonds. The molecule has 7 heteroatoms. The molecule has 0 saturated carbocycles. The minimum absolute atomic E-state index is 0.142. The maximum absolute atomic E-state index is 12.5. The average molecular weight is 430 g/mol. The Bertz CT molecular complexity index is 941. The number of hydrogen-bond donors (Lipinski definition) is 2. The molecule has 5 nitrogen and oxygen atoms in total. The second kappa shape index (κ2) is 9.96. The van der Waals surface area contributed by atoms with Crippen molar-refractivity contribution >= 4 is 46.9 Å². The molecule has 0 fully saturated rings. The Kier molecular flexibility index (Phi) is 7.36. The van der Waals surface area contributed by atoms with Crippen LogP contribution < -0.4 is 10.6 Å². The summed E-state index contributed by atoms with van der Waals surface area (Å²) in [6, 6.07) is 12.7. The molecule has 2 aromatic rings. The van der Waals surface area contributed by atoms with Crippen molar-refractivity contribution in [3.8, 4) is 0 Å². The van der Waals surface area contributed by atoms with Crippen LogP contribution in [0.1, 0.15) is 29.8 Å². The van der Waals surface area contributed by atoms with E-state index in [2.05, 4.69) is 29.4 Å². The lowest BCUT2D eigenvalue weighted by molar-refractivity contribution is -0.112. The van der Waals surface area contributed by atoms with E-state index in [1.165, 1.54) is 11.8 Å². The monoisotopic (exact) mass is 429 g/mol. The first-order chi connectivity index (χ1) is 14.0. The summed E-state index contributed by atoms with van der Waals surface area (Å²) in [5, 5.41) is 6.41. The Morgan fingerprint density at radius 3 is 2.69 bits per heavy atom. The molecule has 0 aliphatic carbocycles. The van der Waals surface area contributed by atoms with Gasteiger partial charge in [-0.05, 0) is 49.0 Å². The molecule has 0 aromatic heterocycles. The number of rotatable bonds is 7. The van der Waals surface area contributed by atoms with E-state index >= 15 is 0 Å². The molecule has 29 heavy (non-hydrogen) atoms. The second-order valence-corrected chi connectivity index (χ2v) is 8.07. The number of carbonyl (C=O) groups excluding carboxylic acids is 2. The van der Waals surface area contributed by atoms with Gasteiger partial charge in [-0.2, -0.15) is 0 Å². The van der Waals surface area contributed by atoms with Crippen LogP contribution >= 0.6 is 23.4 Å². The number of halogens is 1. The molecule has 0 unspecified atom stereocenters. The van der Waals surface area contributed by atoms with E-state index in [9.17, 15) is 9.59 Å². The van der Waals surface area contributed by atoms with Crippen molar-refractivity contribution in [2.24, 2.45) is 0 Å². The van der Waals surface area contributed by atoms with Crippen LogP contribution in [-0.4, -0.2) is 42.9 Å². The molecule has 0 atom stereocenters. The van der Waals surface area contributed by atoms with Crippen molar-refractivity contribution < 1.29 is 9.59 Å². The highest BCUT2D eigenvalue weighted by Crippen LogP contribution is 2.39. The van der Waals surface area contributed by atoms with Crippen LogP contribution in [0.4, 0.5) is 5.69 Å². The molecule has 2 N–H and O–H groups in total. The SMILES string of the molecule is CCN(CC)CCNC(=O)c1ccc2c(c1)NC(=O)C(=Cc1ccccc1Cl)S2. The molecule has 1 aliphatic rings. The van der Waals surface area contributed by atoms with Crippen LogP contribution in [0, 0.1) is 0 Å². The first-order valence-electron chi connectivity index (χ1n) is 9.61. The lowest BCUT2D eigenvalue weighted by Gasteiger charge is -2.20. The number of benzene rings is 2. The van der Waals surface area contributed by atoms with Crippen molar-refractivity contribution in [1.82, 2.24) is 10.2 Å². The third-order valence-corrected chi connectivity index (χ3v) is 6.18. The molecule has 0 radical (unpaired) electrons. The Morgan fingerprint density at radius 2 is 1.97 bits per heavy atom. The maximum atomic E-state index is 12.5. The maximum Gasteiger partial charge on any atom is 0.262 e. The summed E-state index contributed by atoms with van der Waals surface area (Å²) in [4.78, 5) is 28.7. The van der Waals surface area contributed by atoms with Crippen LogP contribution in [-0.2, 0) is 4.79 Å². The number of amides is 2. The molecule has 0 bridgehead atoms. The first kappa shape index (κ1) is 21.4. The first-order valence-corrected chi connectivity index (χ1v) is 10.8. The average Bonchev–Trinajstić information content (AvgIpc) is 2.73. The highest BCUT2D eigenvalue weighted by Gasteiger charge is 2.22. The van der Waals surface area contributed by atoms with E-state index < -0.39 is 0 Å². The fourth-order valence-corrected chi connectivity index (χ4v) is 4.12. The number of thioether (sulfide) groups is 1. The fraction of sp³-hybridized carbons (Fsp3) is 0.273. The minimum Gasteiger partial charge on any atom is -0.351 e. The van der Waals surface area contributed by atoms with Gasteiger partial charge in [0.05, 0.1) is 10.6 Å². The van der Waals surface area contributed by atoms with Gasteiger partial charge in [0.1, 0.15) is 0 Å². The Labute approximate surface area is 180 Å². The molecule has 0 spiro atoms. The molecule has 1 heterocycles. The molecule has 3 rings (SSSR count). The number of carbonyl (C=O) groups is 2. The fourth-order valence-electron chi connectivity index (χ4n) is 3.00. The van der Waals surface area contributed by atoms with Gasteiger partial charge < -0.3 is 15.5 Å². The summed E-state index contributed by atoms with van der Waals surface area (Å²) in [5.74, 6) is -0.349. The van der Waals surface area contributed by atoms with E-state index in [0.29, 0.717) is 27.7 Å². The van der Waals surface area contributed by atoms with Crippen molar-refractivity contribution in [2.75, 3.05) is 31.5 Å². The molecular formula is C22H24ClN3O2S. The zero-order valence-corrected chi connectivity index (χ0v) is 18.1. The topological polar surface area (TPSA) is 61.4 Å². The molecule has 1 aliphatic heterocycles. The quantitative estimate of drug-likeness (QED) is 0.636. The van der Waals surface area contributed by atoms with Crippen molar-refractivity contribution in [2.45, 2.75) is 18.7 Å². The van der Waals surface area contributed by atoms with Crippen molar-refractivity contribution in [1.29, 1.82) is 0 Å². The van der Waals surface area contributed by atoms with Gasteiger partial charge in [-0.3, -0.25) is 9.59 Å². The normalized spacial score (nSPS) is 14.6. The Balaban J connectivity index is 1.70. The predicted molar refractivity (Wildman–Crippen MR) is 120 cm³/mol. The van der Waals surface area contributed by atoms with E-state index in [1.54, 1.807) is 24.3 Å². The largest absolute Gasteiger partial charge is 0.351 e. The number of likely N-dealkylation sites (N-methyl/N-ethyl adjacent to an activating group) is 1. The van der Waals surface area contributed by atoms with Crippen molar-refractivity contribution in [3.05, 3.63) is 63.5 Å². The predicted octanol–water partition coefficient (Wildman–Crippen LogP) is 4.50. The highest BCUT2D eigenvalue weighted by molar-refractivity contribution is 8.04. The number of nitrogens with one attached hydrogen (secondary N) is 2. The summed E-state index contributed by atoms with van der Waals surface area (Å²) >= 11 is 7.56. The lowest BCUT2D eigenvalue weighted by Crippen LogP contribution is -2.34. The zero-order valence-electron chi connectivity index (χ0n) is 16.5. The summed E-state index contributed by atoms with van der Waals surface area (Å²) in [7, 11) is 0. The second-order valence-electron chi connectivity index (χ2n) is 6.58. The Hall–Kier alpha value is -2.28. The molecular weight excluding hydrogens is 406 g/mol. The minimum atomic E-state index is -0.207. The summed E-state index contributed by atoms with van der Waals surface area (Å²) in [5.41, 5.74) is 1.97. The van der Waals surface area contributed by atoms with Crippen LogP contribution in [0.5, 0.6) is 0 Å². The third kappa shape index (κ3) is 5.41. The standard InChI is InChI=1S/C22H24ClN3O2S/c1-3-26(4-2)12-11-24-21(27)16-9-10-19-18(13-16)25-22(28)20(29-19)14-15-7-5-6-8-17(15)23/h5-10,13-14H,3-4,11-12H2,1-2H3,(H,24,27)(H,25,28).